The summed E-state index contributed by atoms with van der Waals surface area (Å²) in [7, 11) is 1.54. The molecule has 1 aromatic heterocycles. The van der Waals surface area contributed by atoms with Crippen LogP contribution in [0, 0.1) is 12.3 Å². The van der Waals surface area contributed by atoms with Crippen molar-refractivity contribution in [3.63, 3.8) is 0 Å². The van der Waals surface area contributed by atoms with Gasteiger partial charge in [-0.1, -0.05) is 43.7 Å². The van der Waals surface area contributed by atoms with Crippen molar-refractivity contribution in [1.82, 2.24) is 4.98 Å². The van der Waals surface area contributed by atoms with Gasteiger partial charge in [0.15, 0.2) is 17.3 Å². The molecule has 42 heavy (non-hydrogen) atoms. The second-order valence-electron chi connectivity index (χ2n) is 11.8. The molecule has 0 saturated carbocycles. The normalized spacial score (nSPS) is 17.2. The van der Waals surface area contributed by atoms with Gasteiger partial charge in [0.05, 0.1) is 31.7 Å². The van der Waals surface area contributed by atoms with E-state index in [4.69, 9.17) is 14.2 Å². The van der Waals surface area contributed by atoms with Crippen LogP contribution >= 0.6 is 0 Å². The topological polar surface area (TPSA) is 86.8 Å². The van der Waals surface area contributed by atoms with Gasteiger partial charge in [-0.3, -0.25) is 14.6 Å². The lowest BCUT2D eigenvalue weighted by Gasteiger charge is -2.40. The molecule has 0 bridgehead atoms. The Hall–Kier alpha value is -4.65. The number of aromatic nitrogens is 1. The number of hydrogen-bond acceptors (Lipinski definition) is 7. The molecule has 1 aliphatic carbocycles. The van der Waals surface area contributed by atoms with Gasteiger partial charge < -0.3 is 19.5 Å². The molecule has 0 radical (unpaired) electrons. The van der Waals surface area contributed by atoms with Crippen LogP contribution in [0.4, 0.5) is 5.69 Å². The summed E-state index contributed by atoms with van der Waals surface area (Å²) >= 11 is 0. The number of benzene rings is 3. The number of anilines is 1. The minimum absolute atomic E-state index is 0.0864. The van der Waals surface area contributed by atoms with E-state index in [1.54, 1.807) is 19.4 Å². The summed E-state index contributed by atoms with van der Waals surface area (Å²) in [4.78, 5) is 30.9. The van der Waals surface area contributed by atoms with Crippen molar-refractivity contribution in [2.75, 3.05) is 19.0 Å². The molecular formula is C35H34N2O5. The fourth-order valence-corrected chi connectivity index (χ4v) is 5.98. The zero-order valence-electron chi connectivity index (χ0n) is 24.3. The number of allylic oxidation sites excluding steroid dienone is 1. The number of Topliss-reactive ketones (excluding diaryl/α,β-unsaturated/α-hetero) is 1. The van der Waals surface area contributed by atoms with Crippen LogP contribution in [-0.2, 0) is 9.59 Å². The number of rotatable bonds is 7. The summed E-state index contributed by atoms with van der Waals surface area (Å²) in [6.45, 7) is 6.50. The van der Waals surface area contributed by atoms with Crippen molar-refractivity contribution in [2.45, 2.75) is 46.1 Å². The Balaban J connectivity index is 1.28. The standard InChI is InChI=1S/C35H34N2O5/c1-21-7-10-23(11-8-21)41-17-15-31(39)42-29-14-9-22(18-30(29)40-4)34-33-25(19-35(2,3)20-28(33)38)32-24-6-5-16-36-26(24)12-13-27(32)37-34/h5-14,16,18,34,37H,15,17,19-20H2,1-4H3/t34-/m1/s1. The molecular weight excluding hydrogens is 528 g/mol. The van der Waals surface area contributed by atoms with Gasteiger partial charge in [0, 0.05) is 34.8 Å². The molecule has 1 aliphatic heterocycles. The molecule has 0 fully saturated rings. The SMILES string of the molecule is COc1cc([C@H]2Nc3ccc4ncccc4c3C3=C2C(=O)CC(C)(C)C3)ccc1OC(=O)CCOc1ccc(C)cc1. The molecule has 214 valence electrons. The highest BCUT2D eigenvalue weighted by atomic mass is 16.6. The Morgan fingerprint density at radius 1 is 1.02 bits per heavy atom. The molecule has 1 N–H and O–H groups in total. The van der Waals surface area contributed by atoms with E-state index >= 15 is 0 Å². The maximum absolute atomic E-state index is 13.7. The number of aryl methyl sites for hydroxylation is 1. The Morgan fingerprint density at radius 2 is 1.83 bits per heavy atom. The predicted molar refractivity (Wildman–Crippen MR) is 163 cm³/mol. The molecule has 3 aromatic carbocycles. The van der Waals surface area contributed by atoms with E-state index in [1.807, 2.05) is 61.5 Å². The number of esters is 1. The minimum Gasteiger partial charge on any atom is -0.493 e. The molecule has 6 rings (SSSR count). The Morgan fingerprint density at radius 3 is 2.62 bits per heavy atom. The van der Waals surface area contributed by atoms with E-state index < -0.39 is 5.97 Å². The van der Waals surface area contributed by atoms with Crippen LogP contribution in [0.2, 0.25) is 0 Å². The Labute approximate surface area is 245 Å². The number of pyridine rings is 1. The summed E-state index contributed by atoms with van der Waals surface area (Å²) < 4.78 is 17.0. The quantitative estimate of drug-likeness (QED) is 0.188. The molecule has 4 aromatic rings. The number of ether oxygens (including phenoxy) is 3. The predicted octanol–water partition coefficient (Wildman–Crippen LogP) is 7.24. The molecule has 7 heteroatoms. The summed E-state index contributed by atoms with van der Waals surface area (Å²) in [5.74, 6) is 1.15. The molecule has 0 spiro atoms. The maximum Gasteiger partial charge on any atom is 0.314 e. The summed E-state index contributed by atoms with van der Waals surface area (Å²) in [6.07, 6.45) is 3.13. The van der Waals surface area contributed by atoms with Crippen LogP contribution in [0.5, 0.6) is 17.2 Å². The van der Waals surface area contributed by atoms with Crippen LogP contribution in [0.25, 0.3) is 16.5 Å². The third-order valence-corrected chi connectivity index (χ3v) is 7.94. The smallest absolute Gasteiger partial charge is 0.314 e. The number of hydrogen-bond donors (Lipinski definition) is 1. The number of nitrogens with zero attached hydrogens (tertiary/aromatic N) is 1. The third kappa shape index (κ3) is 5.34. The van der Waals surface area contributed by atoms with Crippen LogP contribution < -0.4 is 19.5 Å². The van der Waals surface area contributed by atoms with E-state index in [0.29, 0.717) is 23.7 Å². The minimum atomic E-state index is -0.423. The first-order chi connectivity index (χ1) is 20.2. The zero-order chi connectivity index (χ0) is 29.4. The van der Waals surface area contributed by atoms with Gasteiger partial charge in [-0.2, -0.15) is 0 Å². The molecule has 2 heterocycles. The third-order valence-electron chi connectivity index (χ3n) is 7.94. The number of methoxy groups -OCH3 is 1. The van der Waals surface area contributed by atoms with Gasteiger partial charge in [-0.05, 0) is 72.4 Å². The van der Waals surface area contributed by atoms with Gasteiger partial charge in [-0.15, -0.1) is 0 Å². The lowest BCUT2D eigenvalue weighted by Crippen LogP contribution is -2.33. The number of nitrogens with one attached hydrogen (secondary N) is 1. The zero-order valence-corrected chi connectivity index (χ0v) is 24.3. The fourth-order valence-electron chi connectivity index (χ4n) is 5.98. The van der Waals surface area contributed by atoms with E-state index in [-0.39, 0.29) is 30.3 Å². The van der Waals surface area contributed by atoms with E-state index in [2.05, 4.69) is 30.2 Å². The van der Waals surface area contributed by atoms with Crippen molar-refractivity contribution in [1.29, 1.82) is 0 Å². The van der Waals surface area contributed by atoms with Crippen LogP contribution in [-0.4, -0.2) is 30.5 Å². The molecule has 2 aliphatic rings. The first kappa shape index (κ1) is 27.5. The van der Waals surface area contributed by atoms with Crippen LogP contribution in [0.1, 0.15) is 55.8 Å². The van der Waals surface area contributed by atoms with Crippen LogP contribution in [0.3, 0.4) is 0 Å². The monoisotopic (exact) mass is 562 g/mol. The number of fused-ring (bicyclic) bond motifs is 4. The van der Waals surface area contributed by atoms with E-state index in [0.717, 1.165) is 50.8 Å². The van der Waals surface area contributed by atoms with Crippen molar-refractivity contribution >= 4 is 33.9 Å². The Bertz CT molecular complexity index is 1720. The summed E-state index contributed by atoms with van der Waals surface area (Å²) in [5.41, 5.74) is 6.60. The molecule has 0 unspecified atom stereocenters. The van der Waals surface area contributed by atoms with Gasteiger partial charge >= 0.3 is 5.97 Å². The van der Waals surface area contributed by atoms with Gasteiger partial charge in [0.1, 0.15) is 5.75 Å². The first-order valence-corrected chi connectivity index (χ1v) is 14.2. The highest BCUT2D eigenvalue weighted by molar-refractivity contribution is 6.12. The second-order valence-corrected chi connectivity index (χ2v) is 11.8. The van der Waals surface area contributed by atoms with Gasteiger partial charge in [0.2, 0.25) is 0 Å². The lowest BCUT2D eigenvalue weighted by atomic mass is 9.68. The van der Waals surface area contributed by atoms with E-state index in [9.17, 15) is 9.59 Å². The molecule has 7 nitrogen and oxygen atoms in total. The van der Waals surface area contributed by atoms with Crippen molar-refractivity contribution < 1.29 is 23.8 Å². The summed E-state index contributed by atoms with van der Waals surface area (Å²) in [5, 5.41) is 4.67. The maximum atomic E-state index is 13.7. The number of carbonyl (C=O) groups excluding carboxylic acids is 2. The van der Waals surface area contributed by atoms with Crippen LogP contribution in [0.15, 0.2) is 78.5 Å². The highest BCUT2D eigenvalue weighted by Crippen LogP contribution is 2.52. The lowest BCUT2D eigenvalue weighted by molar-refractivity contribution is -0.135. The van der Waals surface area contributed by atoms with E-state index in [1.165, 1.54) is 0 Å². The molecule has 1 atom stereocenters. The number of ketones is 1. The summed E-state index contributed by atoms with van der Waals surface area (Å²) in [6, 6.07) is 20.8. The number of carbonyl (C=O) groups is 2. The van der Waals surface area contributed by atoms with Crippen molar-refractivity contribution in [3.05, 3.63) is 95.2 Å². The molecule has 0 amide bonds. The van der Waals surface area contributed by atoms with Crippen molar-refractivity contribution in [2.24, 2.45) is 5.41 Å². The molecule has 0 saturated heterocycles. The second kappa shape index (κ2) is 11.0. The first-order valence-electron chi connectivity index (χ1n) is 14.2. The average Bonchev–Trinajstić information content (AvgIpc) is 2.97. The van der Waals surface area contributed by atoms with Crippen molar-refractivity contribution in [3.8, 4) is 17.2 Å². The highest BCUT2D eigenvalue weighted by Gasteiger charge is 2.41. The largest absolute Gasteiger partial charge is 0.493 e. The Kier molecular flexibility index (Phi) is 7.19. The average molecular weight is 563 g/mol. The fraction of sp³-hybridized carbons (Fsp3) is 0.286. The van der Waals surface area contributed by atoms with Gasteiger partial charge in [-0.25, -0.2) is 0 Å². The van der Waals surface area contributed by atoms with Gasteiger partial charge in [0.25, 0.3) is 0 Å².